The average molecular weight is 262 g/mol. The van der Waals surface area contributed by atoms with Gasteiger partial charge in [0.15, 0.2) is 0 Å². The Balaban J connectivity index is 2.82. The molecule has 0 aliphatic rings. The highest BCUT2D eigenvalue weighted by atomic mass is 16.6. The van der Waals surface area contributed by atoms with Crippen LogP contribution < -0.4 is 5.32 Å². The second-order valence-corrected chi connectivity index (χ2v) is 5.17. The van der Waals surface area contributed by atoms with Crippen LogP contribution >= 0.6 is 0 Å². The minimum atomic E-state index is -0.541. The molecule has 1 rings (SSSR count). The molecule has 6 nitrogen and oxygen atoms in total. The van der Waals surface area contributed by atoms with Gasteiger partial charge in [-0.1, -0.05) is 17.2 Å². The van der Waals surface area contributed by atoms with Crippen molar-refractivity contribution in [2.45, 2.75) is 39.8 Å². The number of carbonyl (C=O) groups is 1. The molecule has 0 heterocycles. The number of rotatable bonds is 3. The van der Waals surface area contributed by atoms with E-state index in [-0.39, 0.29) is 6.54 Å². The summed E-state index contributed by atoms with van der Waals surface area (Å²) in [6.07, 6.45) is -0.503. The zero-order valence-electron chi connectivity index (χ0n) is 11.6. The number of hydrogen-bond acceptors (Lipinski definition) is 3. The first kappa shape index (κ1) is 14.9. The van der Waals surface area contributed by atoms with Crippen LogP contribution in [0.3, 0.4) is 0 Å². The molecule has 0 radical (unpaired) electrons. The zero-order chi connectivity index (χ0) is 14.5. The maximum absolute atomic E-state index is 11.7. The number of carbonyl (C=O) groups excluding carboxylic acids is 1. The Morgan fingerprint density at radius 1 is 1.47 bits per heavy atom. The number of aryl methyl sites for hydroxylation is 1. The Hall–Kier alpha value is -2.20. The fourth-order valence-corrected chi connectivity index (χ4v) is 1.43. The average Bonchev–Trinajstić information content (AvgIpc) is 2.27. The lowest BCUT2D eigenvalue weighted by Crippen LogP contribution is -2.27. The SMILES string of the molecule is Cc1ccc(CN=[N+]=[N-])cc1NC(=O)OC(C)(C)C. The van der Waals surface area contributed by atoms with E-state index in [4.69, 9.17) is 10.3 Å². The van der Waals surface area contributed by atoms with Crippen molar-refractivity contribution < 1.29 is 9.53 Å². The van der Waals surface area contributed by atoms with Crippen molar-refractivity contribution in [3.05, 3.63) is 39.8 Å². The van der Waals surface area contributed by atoms with E-state index in [1.165, 1.54) is 0 Å². The highest BCUT2D eigenvalue weighted by molar-refractivity contribution is 5.86. The number of amides is 1. The maximum Gasteiger partial charge on any atom is 0.412 e. The number of ether oxygens (including phenoxy) is 1. The topological polar surface area (TPSA) is 87.1 Å². The summed E-state index contributed by atoms with van der Waals surface area (Å²) < 4.78 is 5.19. The van der Waals surface area contributed by atoms with Gasteiger partial charge >= 0.3 is 6.09 Å². The molecular weight excluding hydrogens is 244 g/mol. The molecule has 0 fully saturated rings. The van der Waals surface area contributed by atoms with Crippen LogP contribution in [-0.2, 0) is 11.3 Å². The smallest absolute Gasteiger partial charge is 0.412 e. The minimum Gasteiger partial charge on any atom is -0.444 e. The first-order valence-electron chi connectivity index (χ1n) is 5.92. The van der Waals surface area contributed by atoms with Crippen LogP contribution in [0.5, 0.6) is 0 Å². The number of hydrogen-bond donors (Lipinski definition) is 1. The molecule has 1 amide bonds. The van der Waals surface area contributed by atoms with Crippen LogP contribution in [0, 0.1) is 6.92 Å². The van der Waals surface area contributed by atoms with Crippen LogP contribution in [0.25, 0.3) is 10.4 Å². The standard InChI is InChI=1S/C13H18N4O2/c1-9-5-6-10(8-15-17-14)7-11(9)16-12(18)19-13(2,3)4/h5-7H,8H2,1-4H3,(H,16,18). The monoisotopic (exact) mass is 262 g/mol. The van der Waals surface area contributed by atoms with E-state index in [1.54, 1.807) is 26.8 Å². The molecule has 0 unspecified atom stereocenters. The van der Waals surface area contributed by atoms with Crippen LogP contribution in [0.1, 0.15) is 31.9 Å². The van der Waals surface area contributed by atoms with Crippen molar-refractivity contribution in [1.82, 2.24) is 0 Å². The van der Waals surface area contributed by atoms with Crippen molar-refractivity contribution in [2.24, 2.45) is 5.11 Å². The molecule has 0 aliphatic heterocycles. The van der Waals surface area contributed by atoms with Crippen LogP contribution in [-0.4, -0.2) is 11.7 Å². The normalized spacial score (nSPS) is 10.5. The van der Waals surface area contributed by atoms with Crippen molar-refractivity contribution >= 4 is 11.8 Å². The molecule has 0 bridgehead atoms. The molecule has 102 valence electrons. The third kappa shape index (κ3) is 5.31. The van der Waals surface area contributed by atoms with Gasteiger partial charge in [-0.05, 0) is 50.4 Å². The fourth-order valence-electron chi connectivity index (χ4n) is 1.43. The Bertz CT molecular complexity index is 514. The van der Waals surface area contributed by atoms with Gasteiger partial charge in [0.05, 0.1) is 6.54 Å². The number of nitrogens with one attached hydrogen (secondary N) is 1. The summed E-state index contributed by atoms with van der Waals surface area (Å²) in [7, 11) is 0. The molecule has 19 heavy (non-hydrogen) atoms. The molecule has 0 saturated heterocycles. The number of nitrogens with zero attached hydrogens (tertiary/aromatic N) is 3. The van der Waals surface area contributed by atoms with Gasteiger partial charge in [-0.15, -0.1) is 0 Å². The molecule has 1 N–H and O–H groups in total. The van der Waals surface area contributed by atoms with Gasteiger partial charge in [-0.2, -0.15) is 0 Å². The van der Waals surface area contributed by atoms with Gasteiger partial charge in [0.2, 0.25) is 0 Å². The number of anilines is 1. The van der Waals surface area contributed by atoms with E-state index in [1.807, 2.05) is 19.1 Å². The fraction of sp³-hybridized carbons (Fsp3) is 0.462. The molecule has 1 aromatic rings. The number of azide groups is 1. The summed E-state index contributed by atoms with van der Waals surface area (Å²) in [5, 5.41) is 6.18. The van der Waals surface area contributed by atoms with Crippen LogP contribution in [0.4, 0.5) is 10.5 Å². The molecule has 0 saturated carbocycles. The highest BCUT2D eigenvalue weighted by Gasteiger charge is 2.16. The lowest BCUT2D eigenvalue weighted by molar-refractivity contribution is 0.0636. The number of benzene rings is 1. The lowest BCUT2D eigenvalue weighted by atomic mass is 10.1. The summed E-state index contributed by atoms with van der Waals surface area (Å²) in [5.74, 6) is 0. The van der Waals surface area contributed by atoms with Crippen molar-refractivity contribution in [3.63, 3.8) is 0 Å². The second kappa shape index (κ2) is 6.11. The van der Waals surface area contributed by atoms with Crippen LogP contribution in [0.2, 0.25) is 0 Å². The molecule has 0 atom stereocenters. The van der Waals surface area contributed by atoms with E-state index < -0.39 is 11.7 Å². The Morgan fingerprint density at radius 2 is 2.16 bits per heavy atom. The summed E-state index contributed by atoms with van der Waals surface area (Å²) >= 11 is 0. The van der Waals surface area contributed by atoms with Gasteiger partial charge < -0.3 is 4.74 Å². The highest BCUT2D eigenvalue weighted by Crippen LogP contribution is 2.19. The second-order valence-electron chi connectivity index (χ2n) is 5.17. The molecule has 0 aromatic heterocycles. The van der Waals surface area contributed by atoms with Crippen molar-refractivity contribution in [1.29, 1.82) is 0 Å². The molecular formula is C13H18N4O2. The summed E-state index contributed by atoms with van der Waals surface area (Å²) in [6, 6.07) is 5.48. The van der Waals surface area contributed by atoms with E-state index >= 15 is 0 Å². The van der Waals surface area contributed by atoms with E-state index in [0.717, 1.165) is 11.1 Å². The molecule has 0 spiro atoms. The molecule has 1 aromatic carbocycles. The minimum absolute atomic E-state index is 0.250. The lowest BCUT2D eigenvalue weighted by Gasteiger charge is -2.20. The van der Waals surface area contributed by atoms with Gasteiger partial charge in [-0.25, -0.2) is 4.79 Å². The maximum atomic E-state index is 11.7. The van der Waals surface area contributed by atoms with E-state index in [9.17, 15) is 4.79 Å². The van der Waals surface area contributed by atoms with Crippen LogP contribution in [0.15, 0.2) is 23.3 Å². The quantitative estimate of drug-likeness (QED) is 0.503. The summed E-state index contributed by atoms with van der Waals surface area (Å²) in [5.41, 5.74) is 10.1. The summed E-state index contributed by atoms with van der Waals surface area (Å²) in [4.78, 5) is 14.4. The Labute approximate surface area is 112 Å². The summed E-state index contributed by atoms with van der Waals surface area (Å²) in [6.45, 7) is 7.54. The Kier molecular flexibility index (Phi) is 4.78. The van der Waals surface area contributed by atoms with Gasteiger partial charge in [0.25, 0.3) is 0 Å². The van der Waals surface area contributed by atoms with Crippen molar-refractivity contribution in [2.75, 3.05) is 5.32 Å². The van der Waals surface area contributed by atoms with E-state index in [0.29, 0.717) is 5.69 Å². The van der Waals surface area contributed by atoms with Gasteiger partial charge in [0, 0.05) is 10.6 Å². The van der Waals surface area contributed by atoms with Gasteiger partial charge in [-0.3, -0.25) is 5.32 Å². The van der Waals surface area contributed by atoms with Gasteiger partial charge in [0.1, 0.15) is 5.60 Å². The Morgan fingerprint density at radius 3 is 2.74 bits per heavy atom. The first-order valence-corrected chi connectivity index (χ1v) is 5.92. The third-order valence-electron chi connectivity index (χ3n) is 2.25. The predicted molar refractivity (Wildman–Crippen MR) is 73.9 cm³/mol. The van der Waals surface area contributed by atoms with Crippen molar-refractivity contribution in [3.8, 4) is 0 Å². The molecule has 6 heteroatoms. The molecule has 0 aliphatic carbocycles. The third-order valence-corrected chi connectivity index (χ3v) is 2.25. The largest absolute Gasteiger partial charge is 0.444 e. The zero-order valence-corrected chi connectivity index (χ0v) is 11.6. The predicted octanol–water partition coefficient (Wildman–Crippen LogP) is 4.15. The van der Waals surface area contributed by atoms with E-state index in [2.05, 4.69) is 15.3 Å². The first-order chi connectivity index (χ1) is 8.81.